The van der Waals surface area contributed by atoms with Crippen molar-refractivity contribution in [2.24, 2.45) is 0 Å². The maximum atomic E-state index is 11.8. The molecule has 66 valence electrons. The van der Waals surface area contributed by atoms with Gasteiger partial charge in [0.1, 0.15) is 0 Å². The number of rotatable bonds is 1. The number of carbonyl (C=O) groups excluding carboxylic acids is 1. The Bertz CT molecular complexity index is 252. The van der Waals surface area contributed by atoms with Crippen LogP contribution < -0.4 is 0 Å². The number of carbonyl (C=O) groups is 1. The van der Waals surface area contributed by atoms with Crippen LogP contribution in [-0.2, 0) is 4.79 Å². The van der Waals surface area contributed by atoms with Gasteiger partial charge >= 0.3 is 5.51 Å². The van der Waals surface area contributed by atoms with Crippen LogP contribution in [0.1, 0.15) is 6.42 Å². The lowest BCUT2D eigenvalue weighted by Gasteiger charge is -2.09. The first-order valence-electron chi connectivity index (χ1n) is 3.15. The fourth-order valence-electron chi connectivity index (χ4n) is 0.740. The van der Waals surface area contributed by atoms with E-state index in [0.29, 0.717) is 0 Å². The van der Waals surface area contributed by atoms with E-state index in [-0.39, 0.29) is 23.1 Å². The molecule has 1 rings (SSSR count). The molecule has 0 heterocycles. The lowest BCUT2D eigenvalue weighted by molar-refractivity contribution is -0.114. The minimum Gasteiger partial charge on any atom is -0.293 e. The highest BCUT2D eigenvalue weighted by molar-refractivity contribution is 8.04. The van der Waals surface area contributed by atoms with Crippen molar-refractivity contribution in [2.75, 3.05) is 0 Å². The summed E-state index contributed by atoms with van der Waals surface area (Å²) in [6, 6.07) is 0. The highest BCUT2D eigenvalue weighted by Crippen LogP contribution is 2.37. The summed E-state index contributed by atoms with van der Waals surface area (Å²) in [7, 11) is 0. The van der Waals surface area contributed by atoms with Crippen molar-refractivity contribution in [1.82, 2.24) is 0 Å². The fraction of sp³-hybridized carbons (Fsp3) is 0.286. The number of alkyl halides is 3. The van der Waals surface area contributed by atoms with E-state index in [0.717, 1.165) is 0 Å². The molecule has 0 bridgehead atoms. The summed E-state index contributed by atoms with van der Waals surface area (Å²) >= 11 is -0.354. The SMILES string of the molecule is O=C1CC=CC=C1SC(F)(F)F. The quantitative estimate of drug-likeness (QED) is 0.638. The molecule has 0 fully saturated rings. The Morgan fingerprint density at radius 3 is 2.58 bits per heavy atom. The number of thioether (sulfide) groups is 1. The van der Waals surface area contributed by atoms with E-state index in [1.165, 1.54) is 18.2 Å². The molecule has 1 aliphatic rings. The van der Waals surface area contributed by atoms with E-state index >= 15 is 0 Å². The first kappa shape index (κ1) is 9.38. The van der Waals surface area contributed by atoms with Crippen molar-refractivity contribution in [1.29, 1.82) is 0 Å². The van der Waals surface area contributed by atoms with Crippen LogP contribution in [0.3, 0.4) is 0 Å². The molecule has 0 amide bonds. The molecule has 0 radical (unpaired) electrons. The van der Waals surface area contributed by atoms with Crippen molar-refractivity contribution in [3.63, 3.8) is 0 Å². The number of allylic oxidation sites excluding steroid dienone is 4. The third kappa shape index (κ3) is 2.73. The molecule has 0 atom stereocenters. The van der Waals surface area contributed by atoms with Gasteiger partial charge in [-0.1, -0.05) is 12.2 Å². The lowest BCUT2D eigenvalue weighted by atomic mass is 10.2. The molecule has 0 aliphatic heterocycles. The minimum atomic E-state index is -4.37. The maximum Gasteiger partial charge on any atom is 0.446 e. The van der Waals surface area contributed by atoms with E-state index in [4.69, 9.17) is 0 Å². The van der Waals surface area contributed by atoms with E-state index in [1.807, 2.05) is 0 Å². The van der Waals surface area contributed by atoms with Gasteiger partial charge < -0.3 is 0 Å². The lowest BCUT2D eigenvalue weighted by Crippen LogP contribution is -2.08. The van der Waals surface area contributed by atoms with Gasteiger partial charge in [-0.3, -0.25) is 4.79 Å². The van der Waals surface area contributed by atoms with Crippen LogP contribution in [0.25, 0.3) is 0 Å². The largest absolute Gasteiger partial charge is 0.446 e. The number of ketones is 1. The van der Waals surface area contributed by atoms with Crippen LogP contribution >= 0.6 is 11.8 Å². The zero-order valence-electron chi connectivity index (χ0n) is 5.89. The number of halogens is 3. The molecule has 0 N–H and O–H groups in total. The summed E-state index contributed by atoms with van der Waals surface area (Å²) in [6.45, 7) is 0. The van der Waals surface area contributed by atoms with Gasteiger partial charge in [-0.05, 0) is 17.8 Å². The summed E-state index contributed by atoms with van der Waals surface area (Å²) in [4.78, 5) is 10.6. The molecule has 5 heteroatoms. The van der Waals surface area contributed by atoms with Gasteiger partial charge in [-0.2, -0.15) is 13.2 Å². The van der Waals surface area contributed by atoms with Gasteiger partial charge in [-0.25, -0.2) is 0 Å². The summed E-state index contributed by atoms with van der Waals surface area (Å²) in [5.74, 6) is -0.472. The third-order valence-electron chi connectivity index (χ3n) is 1.19. The molecule has 0 aromatic rings. The van der Waals surface area contributed by atoms with Crippen LogP contribution in [0.4, 0.5) is 13.2 Å². The summed E-state index contributed by atoms with van der Waals surface area (Å²) < 4.78 is 35.3. The Kier molecular flexibility index (Phi) is 2.62. The van der Waals surface area contributed by atoms with E-state index in [2.05, 4.69) is 0 Å². The molecule has 0 saturated heterocycles. The minimum absolute atomic E-state index is 0.0644. The molecule has 0 aromatic heterocycles. The van der Waals surface area contributed by atoms with Crippen LogP contribution in [0.2, 0.25) is 0 Å². The number of Topliss-reactive ketones (excluding diaryl/α,β-unsaturated/α-hetero) is 1. The number of hydrogen-bond acceptors (Lipinski definition) is 2. The molecule has 1 aliphatic carbocycles. The van der Waals surface area contributed by atoms with Crippen molar-refractivity contribution < 1.29 is 18.0 Å². The Balaban J connectivity index is 2.68. The van der Waals surface area contributed by atoms with E-state index < -0.39 is 11.3 Å². The number of hydrogen-bond donors (Lipinski definition) is 0. The molecule has 0 aromatic carbocycles. The van der Waals surface area contributed by atoms with Crippen LogP contribution in [0, 0.1) is 0 Å². The Morgan fingerprint density at radius 2 is 2.08 bits per heavy atom. The van der Waals surface area contributed by atoms with Gasteiger partial charge in [0.2, 0.25) is 0 Å². The van der Waals surface area contributed by atoms with Gasteiger partial charge in [0, 0.05) is 6.42 Å². The molecule has 0 saturated carbocycles. The average molecular weight is 194 g/mol. The molecular formula is C7H5F3OS. The zero-order valence-corrected chi connectivity index (χ0v) is 6.71. The molecule has 12 heavy (non-hydrogen) atoms. The van der Waals surface area contributed by atoms with Crippen LogP contribution in [0.15, 0.2) is 23.1 Å². The predicted octanol–water partition coefficient (Wildman–Crippen LogP) is 2.65. The van der Waals surface area contributed by atoms with Crippen LogP contribution in [0.5, 0.6) is 0 Å². The third-order valence-corrected chi connectivity index (χ3v) is 2.00. The molecule has 0 unspecified atom stereocenters. The van der Waals surface area contributed by atoms with E-state index in [9.17, 15) is 18.0 Å². The second-order valence-corrected chi connectivity index (χ2v) is 3.24. The van der Waals surface area contributed by atoms with Gasteiger partial charge in [0.25, 0.3) is 0 Å². The summed E-state index contributed by atoms with van der Waals surface area (Å²) in [5.41, 5.74) is -4.37. The normalized spacial score (nSPS) is 17.9. The van der Waals surface area contributed by atoms with Crippen LogP contribution in [-0.4, -0.2) is 11.3 Å². The Labute approximate surface area is 71.3 Å². The van der Waals surface area contributed by atoms with Crippen molar-refractivity contribution >= 4 is 17.5 Å². The van der Waals surface area contributed by atoms with Crippen molar-refractivity contribution in [3.8, 4) is 0 Å². The highest BCUT2D eigenvalue weighted by atomic mass is 32.2. The van der Waals surface area contributed by atoms with Crippen molar-refractivity contribution in [2.45, 2.75) is 11.9 Å². The van der Waals surface area contributed by atoms with Gasteiger partial charge in [0.05, 0.1) is 4.91 Å². The fourth-order valence-corrected chi connectivity index (χ4v) is 1.33. The highest BCUT2D eigenvalue weighted by Gasteiger charge is 2.32. The average Bonchev–Trinajstić information content (AvgIpc) is 1.91. The summed E-state index contributed by atoms with van der Waals surface area (Å²) in [6.07, 6.45) is 4.23. The van der Waals surface area contributed by atoms with Crippen molar-refractivity contribution in [3.05, 3.63) is 23.1 Å². The Hall–Kier alpha value is -0.710. The molecule has 1 nitrogen and oxygen atoms in total. The van der Waals surface area contributed by atoms with Gasteiger partial charge in [-0.15, -0.1) is 0 Å². The second-order valence-electron chi connectivity index (χ2n) is 2.13. The maximum absolute atomic E-state index is 11.8. The second kappa shape index (κ2) is 3.35. The topological polar surface area (TPSA) is 17.1 Å². The Morgan fingerprint density at radius 1 is 1.42 bits per heavy atom. The first-order valence-corrected chi connectivity index (χ1v) is 3.96. The molecule has 0 spiro atoms. The molecular weight excluding hydrogens is 189 g/mol. The van der Waals surface area contributed by atoms with Gasteiger partial charge in [0.15, 0.2) is 5.78 Å². The first-order chi connectivity index (χ1) is 5.49. The standard InChI is InChI=1S/C7H5F3OS/c8-7(9,10)12-6-4-2-1-3-5(6)11/h1-2,4H,3H2. The smallest absolute Gasteiger partial charge is 0.293 e. The summed E-state index contributed by atoms with van der Waals surface area (Å²) in [5, 5.41) is 0. The zero-order chi connectivity index (χ0) is 9.19. The predicted molar refractivity (Wildman–Crippen MR) is 40.5 cm³/mol. The van der Waals surface area contributed by atoms with E-state index in [1.54, 1.807) is 0 Å². The monoisotopic (exact) mass is 194 g/mol.